The van der Waals surface area contributed by atoms with Gasteiger partial charge in [0.2, 0.25) is 11.6 Å². The molecule has 0 aliphatic carbocycles. The van der Waals surface area contributed by atoms with Crippen molar-refractivity contribution in [1.29, 1.82) is 0 Å². The molecule has 0 fully saturated rings. The molecule has 125 heavy (non-hydrogen) atoms. The van der Waals surface area contributed by atoms with Crippen LogP contribution in [0.3, 0.4) is 0 Å². The Morgan fingerprint density at radius 3 is 0.816 bits per heavy atom. The van der Waals surface area contributed by atoms with Crippen LogP contribution in [0.4, 0.5) is 22.7 Å². The predicted molar refractivity (Wildman–Crippen MR) is 511 cm³/mol. The molecule has 0 radical (unpaired) electrons. The van der Waals surface area contributed by atoms with Gasteiger partial charge in [-0.15, -0.1) is 0 Å². The summed E-state index contributed by atoms with van der Waals surface area (Å²) in [7, 11) is 25.8. The highest BCUT2D eigenvalue weighted by molar-refractivity contribution is 14.1. The van der Waals surface area contributed by atoms with Gasteiger partial charge in [0, 0.05) is 166 Å². The Morgan fingerprint density at radius 2 is 0.536 bits per heavy atom. The zero-order valence-electron chi connectivity index (χ0n) is 69.8. The summed E-state index contributed by atoms with van der Waals surface area (Å²) in [5.41, 5.74) is 6.64. The Kier molecular flexibility index (Phi) is 38.7. The van der Waals surface area contributed by atoms with Gasteiger partial charge in [-0.3, -0.25) is 28.8 Å². The maximum absolute atomic E-state index is 12.6. The number of ether oxygens (including phenoxy) is 5. The molecule has 13 rings (SSSR count). The maximum Gasteiger partial charge on any atom is 0.374 e. The van der Waals surface area contributed by atoms with Crippen LogP contribution in [-0.4, -0.2) is 176 Å². The molecule has 0 atom stereocenters. The molecule has 0 aliphatic rings. The predicted octanol–water partition coefficient (Wildman–Crippen LogP) is 11.9. The largest absolute Gasteiger partial charge is 0.464 e. The van der Waals surface area contributed by atoms with Crippen molar-refractivity contribution < 1.29 is 76.4 Å². The minimum atomic E-state index is -0.493. The molecule has 13 aromatic rings. The highest BCUT2D eigenvalue weighted by Crippen LogP contribution is 2.23. The number of rotatable bonds is 19. The van der Waals surface area contributed by atoms with Crippen LogP contribution in [0.25, 0.3) is 0 Å². The summed E-state index contributed by atoms with van der Waals surface area (Å²) < 4.78 is 46.7. The van der Waals surface area contributed by atoms with Crippen LogP contribution in [0.15, 0.2) is 174 Å². The highest BCUT2D eigenvalue weighted by Gasteiger charge is 2.23. The molecule has 2 aromatic carbocycles. The molecule has 11 aromatic heterocycles. The van der Waals surface area contributed by atoms with E-state index in [2.05, 4.69) is 175 Å². The van der Waals surface area contributed by atoms with Crippen molar-refractivity contribution in [1.82, 2.24) is 85.8 Å². The van der Waals surface area contributed by atoms with Gasteiger partial charge in [-0.05, 0) is 192 Å². The number of amides is 6. The number of anilines is 4. The number of carbonyl (C=O) groups excluding carboxylic acids is 11. The smallest absolute Gasteiger partial charge is 0.374 e. The number of hydrogen-bond acceptors (Lipinski definition) is 21. The standard InChI is InChI=1S/C19H20IN5O4.C13H14IN3O3.C12H12BrN3O.C12H13IN4O3.C12H12IN3O.C6H7BrN2O2.C6H7IN2O2/c1-23-8-11(20)5-14(23)17(26)21-12-6-15(24(2)9-12)18(27)22-13-7-16(19(28)29-4)25(3)10-13;1-16-6-8(14)4-10(16)12(18)15-9-5-11(13(19)20-3)17(2)7-9;1-16-8-10(13)15-11(16)12(17)14-7-9-5-3-2-4-6-9;1-16-5-7(4-8(16)12(19)20-3)14-11(18)10-15-9(13)6-17(10)2;1-16-8-10(13)15-11(16)12(17)14-7-9-5-3-2-4-6-9;2*1-9-3-4(7)8-5(9)6(10)11-2/h5-10H,1-4H3,(H,21,26)(H,22,27);4-7H,1-3H3,(H,15,18);2-6,8H,7H2,1H3,(H,14,17);4-6H,1-3H3,(H,14,18);2-6,8H,7H2,1H3,(H,14,17);2*3H,1-2H3. The lowest BCUT2D eigenvalue weighted by Crippen LogP contribution is -2.25. The molecular formula is C80H85Br2I5N22O16. The number of methoxy groups -OCH3 is 5. The summed E-state index contributed by atoms with van der Waals surface area (Å²) in [5.74, 6) is -2.01. The lowest BCUT2D eigenvalue weighted by Gasteiger charge is -2.04. The van der Waals surface area contributed by atoms with Crippen molar-refractivity contribution in [2.45, 2.75) is 13.1 Å². The van der Waals surface area contributed by atoms with E-state index in [-0.39, 0.29) is 35.4 Å². The first-order valence-electron chi connectivity index (χ1n) is 36.2. The lowest BCUT2D eigenvalue weighted by molar-refractivity contribution is 0.0574. The molecule has 11 heterocycles. The molecule has 0 spiro atoms. The van der Waals surface area contributed by atoms with Gasteiger partial charge in [-0.1, -0.05) is 60.7 Å². The second-order valence-electron chi connectivity index (χ2n) is 26.3. The van der Waals surface area contributed by atoms with Crippen molar-refractivity contribution in [2.24, 2.45) is 77.5 Å². The Labute approximate surface area is 801 Å². The van der Waals surface area contributed by atoms with Gasteiger partial charge in [-0.25, -0.2) is 48.9 Å². The number of imidazole rings is 5. The maximum atomic E-state index is 12.6. The highest BCUT2D eigenvalue weighted by atomic mass is 127. The fraction of sp³-hybridized carbons (Fsp3) is 0.225. The van der Waals surface area contributed by atoms with Crippen LogP contribution in [0.5, 0.6) is 0 Å². The Bertz CT molecular complexity index is 5750. The first-order valence-corrected chi connectivity index (χ1v) is 43.2. The lowest BCUT2D eigenvalue weighted by atomic mass is 10.2. The zero-order valence-corrected chi connectivity index (χ0v) is 83.8. The molecule has 6 amide bonds. The summed E-state index contributed by atoms with van der Waals surface area (Å²) >= 11 is 16.8. The number of hydrogen-bond donors (Lipinski definition) is 6. The van der Waals surface area contributed by atoms with Gasteiger partial charge in [-0.2, -0.15) is 0 Å². The molecule has 0 saturated heterocycles. The number of carbonyl (C=O) groups is 11. The number of aryl methyl sites for hydroxylation is 11. The molecular weight excluding hydrogens is 2320 g/mol. The van der Waals surface area contributed by atoms with Crippen LogP contribution in [0, 0.1) is 18.2 Å². The SMILES string of the molecule is COC(=O)c1cc(NC(=O)c2cc(I)cn2C)cn1C.COC(=O)c1cc(NC(=O)c2cc(NC(=O)c3cc(I)cn3C)cn2C)cn1C.COC(=O)c1cc(NC(=O)c2nc(I)cn2C)cn1C.COC(=O)c1nc(Br)cn1C.COC(=O)c1nc(I)cn1C.Cn1cc(Br)nc1C(=O)NCc1ccccc1.Cn1cc(I)nc1C(=O)NCc1ccccc1. The molecule has 38 nitrogen and oxygen atoms in total. The van der Waals surface area contributed by atoms with Gasteiger partial charge >= 0.3 is 29.8 Å². The molecule has 0 saturated carbocycles. The average Bonchev–Trinajstić information content (AvgIpc) is 1.68. The second kappa shape index (κ2) is 47.9. The first kappa shape index (κ1) is 101. The molecule has 0 aliphatic heterocycles. The van der Waals surface area contributed by atoms with Gasteiger partial charge in [0.25, 0.3) is 35.4 Å². The van der Waals surface area contributed by atoms with Crippen LogP contribution >= 0.6 is 145 Å². The number of halogens is 7. The van der Waals surface area contributed by atoms with E-state index in [0.717, 1.165) is 29.4 Å². The van der Waals surface area contributed by atoms with E-state index in [1.807, 2.05) is 139 Å². The summed E-state index contributed by atoms with van der Waals surface area (Å²) in [6, 6.07) is 29.4. The average molecular weight is 2410 g/mol. The summed E-state index contributed by atoms with van der Waals surface area (Å²) in [4.78, 5) is 150. The Hall–Kier alpha value is -11.1. The summed E-state index contributed by atoms with van der Waals surface area (Å²) in [5, 5.41) is 16.7. The van der Waals surface area contributed by atoms with E-state index in [1.165, 1.54) is 41.6 Å². The Morgan fingerprint density at radius 1 is 0.288 bits per heavy atom. The third-order valence-corrected chi connectivity index (χ3v) is 20.6. The fourth-order valence-corrected chi connectivity index (χ4v) is 15.3. The minimum absolute atomic E-state index is 0.153. The fourth-order valence-electron chi connectivity index (χ4n) is 11.0. The van der Waals surface area contributed by atoms with Gasteiger partial charge in [0.15, 0.2) is 17.5 Å². The number of aromatic nitrogens is 16. The number of nitrogens with one attached hydrogen (secondary N) is 6. The third-order valence-electron chi connectivity index (χ3n) is 17.0. The van der Waals surface area contributed by atoms with E-state index < -0.39 is 29.8 Å². The van der Waals surface area contributed by atoms with E-state index in [0.29, 0.717) is 108 Å². The van der Waals surface area contributed by atoms with E-state index in [1.54, 1.807) is 194 Å². The van der Waals surface area contributed by atoms with Gasteiger partial charge in [0.1, 0.15) is 54.5 Å². The van der Waals surface area contributed by atoms with E-state index in [4.69, 9.17) is 4.74 Å². The van der Waals surface area contributed by atoms with Crippen molar-refractivity contribution in [3.8, 4) is 0 Å². The quantitative estimate of drug-likeness (QED) is 0.0249. The molecule has 45 heteroatoms. The topological polar surface area (TPSA) is 425 Å². The number of nitrogens with zero attached hydrogens (tertiary/aromatic N) is 16. The monoisotopic (exact) mass is 2400 g/mol. The summed E-state index contributed by atoms with van der Waals surface area (Å²) in [6.45, 7) is 1.02. The van der Waals surface area contributed by atoms with Crippen LogP contribution in [0.2, 0.25) is 0 Å². The van der Waals surface area contributed by atoms with Crippen LogP contribution < -0.4 is 31.9 Å². The van der Waals surface area contributed by atoms with E-state index >= 15 is 0 Å². The van der Waals surface area contributed by atoms with Gasteiger partial charge in [0.05, 0.1) is 58.3 Å². The first-order chi connectivity index (χ1) is 59.1. The summed E-state index contributed by atoms with van der Waals surface area (Å²) in [6.07, 6.45) is 19.0. The Balaban J connectivity index is 0.000000205. The van der Waals surface area contributed by atoms with Crippen molar-refractivity contribution in [3.63, 3.8) is 0 Å². The normalized spacial score (nSPS) is 10.3. The second-order valence-corrected chi connectivity index (χ2v) is 33.7. The van der Waals surface area contributed by atoms with Crippen molar-refractivity contribution in [2.75, 3.05) is 56.8 Å². The molecule has 660 valence electrons. The number of esters is 5. The van der Waals surface area contributed by atoms with Crippen LogP contribution in [-0.2, 0) is 114 Å². The number of benzene rings is 2. The van der Waals surface area contributed by atoms with Gasteiger partial charge < -0.3 is 106 Å². The molecule has 6 N–H and O–H groups in total. The third kappa shape index (κ3) is 29.5. The molecule has 0 bridgehead atoms. The van der Waals surface area contributed by atoms with Crippen molar-refractivity contribution in [3.05, 3.63) is 267 Å². The van der Waals surface area contributed by atoms with E-state index in [9.17, 15) is 52.7 Å². The minimum Gasteiger partial charge on any atom is -0.464 e. The zero-order chi connectivity index (χ0) is 92.4. The van der Waals surface area contributed by atoms with Crippen molar-refractivity contribution >= 4 is 233 Å². The molecule has 0 unspecified atom stereocenters. The van der Waals surface area contributed by atoms with Crippen LogP contribution in [0.1, 0.15) is 127 Å².